The molecule has 3 heterocycles. The Hall–Kier alpha value is -2.21. The highest BCUT2D eigenvalue weighted by Crippen LogP contribution is 2.38. The molecule has 1 aromatic carbocycles. The second kappa shape index (κ2) is 8.03. The van der Waals surface area contributed by atoms with Gasteiger partial charge in [0, 0.05) is 13.0 Å². The second-order valence-corrected chi connectivity index (χ2v) is 8.20. The Morgan fingerprint density at radius 2 is 2.04 bits per heavy atom. The summed E-state index contributed by atoms with van der Waals surface area (Å²) in [6.07, 6.45) is 7.60. The van der Waals surface area contributed by atoms with Gasteiger partial charge < -0.3 is 9.32 Å². The van der Waals surface area contributed by atoms with Crippen LogP contribution < -0.4 is 0 Å². The number of likely N-dealkylation sites (tertiary alicyclic amines) is 2. The third-order valence-corrected chi connectivity index (χ3v) is 6.03. The number of benzene rings is 1. The summed E-state index contributed by atoms with van der Waals surface area (Å²) in [6, 6.07) is 6.51. The lowest BCUT2D eigenvalue weighted by molar-refractivity contribution is -0.137. The topological polar surface area (TPSA) is 49.6 Å². The molecule has 1 unspecified atom stereocenters. The Morgan fingerprint density at radius 3 is 2.82 bits per heavy atom. The van der Waals surface area contributed by atoms with Gasteiger partial charge in [0.1, 0.15) is 17.1 Å². The van der Waals surface area contributed by atoms with Crippen molar-refractivity contribution in [3.05, 3.63) is 53.5 Å². The summed E-state index contributed by atoms with van der Waals surface area (Å²) in [5.41, 5.74) is 0.338. The van der Waals surface area contributed by atoms with Gasteiger partial charge in [0.15, 0.2) is 0 Å². The van der Waals surface area contributed by atoms with E-state index in [0.717, 1.165) is 38.0 Å². The van der Waals surface area contributed by atoms with E-state index in [1.54, 1.807) is 12.3 Å². The average molecular weight is 385 g/mol. The van der Waals surface area contributed by atoms with Crippen molar-refractivity contribution >= 4 is 5.91 Å². The summed E-state index contributed by atoms with van der Waals surface area (Å²) < 4.78 is 19.5. The molecule has 2 aliphatic heterocycles. The van der Waals surface area contributed by atoms with Gasteiger partial charge in [-0.25, -0.2) is 9.37 Å². The molecule has 0 aliphatic carbocycles. The van der Waals surface area contributed by atoms with Crippen LogP contribution in [-0.4, -0.2) is 46.9 Å². The van der Waals surface area contributed by atoms with Crippen molar-refractivity contribution in [2.45, 2.75) is 51.0 Å². The molecule has 2 fully saturated rings. The lowest BCUT2D eigenvalue weighted by atomic mass is 9.98. The third kappa shape index (κ3) is 3.97. The predicted molar refractivity (Wildman–Crippen MR) is 104 cm³/mol. The Labute approximate surface area is 165 Å². The maximum Gasteiger partial charge on any atom is 0.237 e. The summed E-state index contributed by atoms with van der Waals surface area (Å²) in [4.78, 5) is 21.7. The first-order valence-corrected chi connectivity index (χ1v) is 10.3. The van der Waals surface area contributed by atoms with Crippen LogP contribution in [0.5, 0.6) is 0 Å². The van der Waals surface area contributed by atoms with Gasteiger partial charge in [0.2, 0.25) is 11.8 Å². The van der Waals surface area contributed by atoms with Crippen molar-refractivity contribution in [3.63, 3.8) is 0 Å². The number of carbonyl (C=O) groups is 1. The fourth-order valence-electron chi connectivity index (χ4n) is 4.47. The molecule has 6 heteroatoms. The van der Waals surface area contributed by atoms with Gasteiger partial charge in [-0.1, -0.05) is 18.6 Å². The molecule has 2 aromatic rings. The summed E-state index contributed by atoms with van der Waals surface area (Å²) >= 11 is 0. The lowest BCUT2D eigenvalue weighted by Gasteiger charge is -2.35. The van der Waals surface area contributed by atoms with Crippen LogP contribution in [0.25, 0.3) is 0 Å². The lowest BCUT2D eigenvalue weighted by Crippen LogP contribution is -2.48. The average Bonchev–Trinajstić information content (AvgIpc) is 3.30. The number of halogens is 1. The van der Waals surface area contributed by atoms with Gasteiger partial charge in [-0.2, -0.15) is 0 Å². The smallest absolute Gasteiger partial charge is 0.237 e. The molecule has 0 N–H and O–H groups in total. The van der Waals surface area contributed by atoms with Gasteiger partial charge in [-0.15, -0.1) is 0 Å². The molecular formula is C22H28FN3O2. The highest BCUT2D eigenvalue weighted by atomic mass is 19.1. The number of oxazole rings is 1. The van der Waals surface area contributed by atoms with Crippen LogP contribution in [-0.2, 0) is 16.8 Å². The molecular weight excluding hydrogens is 357 g/mol. The minimum atomic E-state index is -0.507. The molecule has 0 bridgehead atoms. The van der Waals surface area contributed by atoms with Crippen molar-refractivity contribution in [2.24, 2.45) is 0 Å². The minimum Gasteiger partial charge on any atom is -0.443 e. The van der Waals surface area contributed by atoms with Crippen molar-refractivity contribution < 1.29 is 13.6 Å². The molecule has 1 amide bonds. The zero-order chi connectivity index (χ0) is 19.6. The van der Waals surface area contributed by atoms with Crippen LogP contribution in [0.2, 0.25) is 0 Å². The normalized spacial score (nSPS) is 23.3. The quantitative estimate of drug-likeness (QED) is 0.787. The summed E-state index contributed by atoms with van der Waals surface area (Å²) in [6.45, 7) is 5.28. The third-order valence-electron chi connectivity index (χ3n) is 6.03. The number of piperidine rings is 1. The molecule has 2 aliphatic rings. The standard InChI is InChI=1S/C22H28FN3O2/c1-22(9-6-12-26(22)20(27)16-25-10-3-2-4-11-25)21-24-15-19(28-21)14-17-7-5-8-18(23)13-17/h5,7-8,13,15H,2-4,6,9-12,14,16H2,1H3. The summed E-state index contributed by atoms with van der Waals surface area (Å²) in [7, 11) is 0. The fraction of sp³-hybridized carbons (Fsp3) is 0.545. The molecule has 0 radical (unpaired) electrons. The van der Waals surface area contributed by atoms with E-state index in [9.17, 15) is 9.18 Å². The maximum atomic E-state index is 13.4. The van der Waals surface area contributed by atoms with E-state index in [1.165, 1.54) is 31.4 Å². The molecule has 1 aromatic heterocycles. The number of amides is 1. The largest absolute Gasteiger partial charge is 0.443 e. The molecule has 0 spiro atoms. The Balaban J connectivity index is 1.47. The number of hydrogen-bond acceptors (Lipinski definition) is 4. The Kier molecular flexibility index (Phi) is 5.49. The van der Waals surface area contributed by atoms with Gasteiger partial charge in [0.25, 0.3) is 0 Å². The first-order valence-electron chi connectivity index (χ1n) is 10.3. The van der Waals surface area contributed by atoms with E-state index in [2.05, 4.69) is 9.88 Å². The molecule has 5 nitrogen and oxygen atoms in total. The first-order chi connectivity index (χ1) is 13.5. The van der Waals surface area contributed by atoms with Gasteiger partial charge in [-0.05, 0) is 63.4 Å². The van der Waals surface area contributed by atoms with Gasteiger partial charge >= 0.3 is 0 Å². The van der Waals surface area contributed by atoms with Crippen molar-refractivity contribution in [3.8, 4) is 0 Å². The number of hydrogen-bond donors (Lipinski definition) is 0. The summed E-state index contributed by atoms with van der Waals surface area (Å²) in [5.74, 6) is 1.18. The number of nitrogens with zero attached hydrogens (tertiary/aromatic N) is 3. The van der Waals surface area contributed by atoms with Crippen LogP contribution in [0.15, 0.2) is 34.9 Å². The monoisotopic (exact) mass is 385 g/mol. The Bertz CT molecular complexity index is 831. The predicted octanol–water partition coefficient (Wildman–Crippen LogP) is 3.73. The molecule has 4 rings (SSSR count). The van der Waals surface area contributed by atoms with E-state index < -0.39 is 5.54 Å². The van der Waals surface area contributed by atoms with E-state index in [1.807, 2.05) is 17.9 Å². The zero-order valence-electron chi connectivity index (χ0n) is 16.5. The van der Waals surface area contributed by atoms with Crippen LogP contribution in [0.4, 0.5) is 4.39 Å². The van der Waals surface area contributed by atoms with E-state index >= 15 is 0 Å². The SMILES string of the molecule is CC1(c2ncc(Cc3cccc(F)c3)o2)CCCN1C(=O)CN1CCCCC1. The van der Waals surface area contributed by atoms with E-state index in [-0.39, 0.29) is 11.7 Å². The van der Waals surface area contributed by atoms with E-state index in [0.29, 0.717) is 24.6 Å². The van der Waals surface area contributed by atoms with Crippen LogP contribution >= 0.6 is 0 Å². The van der Waals surface area contributed by atoms with Crippen molar-refractivity contribution in [2.75, 3.05) is 26.2 Å². The molecule has 1 atom stereocenters. The molecule has 2 saturated heterocycles. The van der Waals surface area contributed by atoms with Gasteiger partial charge in [0.05, 0.1) is 12.7 Å². The van der Waals surface area contributed by atoms with Crippen LogP contribution in [0.1, 0.15) is 56.2 Å². The summed E-state index contributed by atoms with van der Waals surface area (Å²) in [5, 5.41) is 0. The molecule has 0 saturated carbocycles. The van der Waals surface area contributed by atoms with Crippen LogP contribution in [0.3, 0.4) is 0 Å². The zero-order valence-corrected chi connectivity index (χ0v) is 16.5. The van der Waals surface area contributed by atoms with Crippen molar-refractivity contribution in [1.29, 1.82) is 0 Å². The van der Waals surface area contributed by atoms with Crippen molar-refractivity contribution in [1.82, 2.24) is 14.8 Å². The van der Waals surface area contributed by atoms with E-state index in [4.69, 9.17) is 4.42 Å². The minimum absolute atomic E-state index is 0.159. The van der Waals surface area contributed by atoms with Gasteiger partial charge in [-0.3, -0.25) is 9.69 Å². The number of aromatic nitrogens is 1. The number of carbonyl (C=O) groups excluding carboxylic acids is 1. The highest BCUT2D eigenvalue weighted by molar-refractivity contribution is 5.79. The maximum absolute atomic E-state index is 13.4. The van der Waals surface area contributed by atoms with Crippen LogP contribution in [0, 0.1) is 5.82 Å². The molecule has 150 valence electrons. The highest BCUT2D eigenvalue weighted by Gasteiger charge is 2.44. The molecule has 28 heavy (non-hydrogen) atoms. The second-order valence-electron chi connectivity index (χ2n) is 8.20. The Morgan fingerprint density at radius 1 is 1.21 bits per heavy atom. The number of rotatable bonds is 5. The first kappa shape index (κ1) is 19.1. The fourth-order valence-corrected chi connectivity index (χ4v) is 4.47.